The Balaban J connectivity index is 2.49. The Morgan fingerprint density at radius 2 is 2.20 bits per heavy atom. The second-order valence-electron chi connectivity index (χ2n) is 3.56. The standard InChI is InChI=1S/C11H19N3O/c1-4-9(2)10-7-14-11(8-13-10)12-5-6-15-3/h7-9H,4-6H2,1-3H3,(H,12,14). The normalized spacial score (nSPS) is 12.5. The molecule has 4 nitrogen and oxygen atoms in total. The van der Waals surface area contributed by atoms with Crippen LogP contribution in [0.3, 0.4) is 0 Å². The van der Waals surface area contributed by atoms with Gasteiger partial charge in [0.25, 0.3) is 0 Å². The molecule has 1 aromatic heterocycles. The van der Waals surface area contributed by atoms with Crippen molar-refractivity contribution >= 4 is 5.82 Å². The van der Waals surface area contributed by atoms with Crippen LogP contribution in [0.4, 0.5) is 5.82 Å². The maximum absolute atomic E-state index is 4.93. The zero-order valence-electron chi connectivity index (χ0n) is 9.66. The summed E-state index contributed by atoms with van der Waals surface area (Å²) in [5, 5.41) is 3.13. The first-order valence-electron chi connectivity index (χ1n) is 5.32. The van der Waals surface area contributed by atoms with Crippen LogP contribution in [0.5, 0.6) is 0 Å². The molecule has 0 fully saturated rings. The van der Waals surface area contributed by atoms with Crippen LogP contribution in [-0.4, -0.2) is 30.2 Å². The lowest BCUT2D eigenvalue weighted by Crippen LogP contribution is -2.09. The molecular weight excluding hydrogens is 190 g/mol. The summed E-state index contributed by atoms with van der Waals surface area (Å²) in [6.07, 6.45) is 4.70. The summed E-state index contributed by atoms with van der Waals surface area (Å²) in [4.78, 5) is 8.65. The zero-order valence-corrected chi connectivity index (χ0v) is 9.66. The van der Waals surface area contributed by atoms with Crippen LogP contribution in [0.25, 0.3) is 0 Å². The van der Waals surface area contributed by atoms with Gasteiger partial charge in [0.2, 0.25) is 0 Å². The van der Waals surface area contributed by atoms with Gasteiger partial charge in [-0.15, -0.1) is 0 Å². The maximum atomic E-state index is 4.93. The summed E-state index contributed by atoms with van der Waals surface area (Å²) in [5.74, 6) is 1.28. The molecule has 1 heterocycles. The lowest BCUT2D eigenvalue weighted by atomic mass is 10.1. The van der Waals surface area contributed by atoms with Crippen LogP contribution in [0.1, 0.15) is 31.9 Å². The van der Waals surface area contributed by atoms with E-state index in [0.29, 0.717) is 12.5 Å². The summed E-state index contributed by atoms with van der Waals surface area (Å²) in [6.45, 7) is 5.74. The number of rotatable bonds is 6. The molecule has 1 rings (SSSR count). The number of methoxy groups -OCH3 is 1. The minimum absolute atomic E-state index is 0.477. The van der Waals surface area contributed by atoms with Crippen LogP contribution in [0, 0.1) is 0 Å². The van der Waals surface area contributed by atoms with Crippen LogP contribution < -0.4 is 5.32 Å². The van der Waals surface area contributed by atoms with Gasteiger partial charge < -0.3 is 10.1 Å². The highest BCUT2D eigenvalue weighted by molar-refractivity contribution is 5.31. The minimum atomic E-state index is 0.477. The van der Waals surface area contributed by atoms with E-state index >= 15 is 0 Å². The van der Waals surface area contributed by atoms with Crippen molar-refractivity contribution in [2.45, 2.75) is 26.2 Å². The topological polar surface area (TPSA) is 47.0 Å². The quantitative estimate of drug-likeness (QED) is 0.728. The van der Waals surface area contributed by atoms with E-state index in [2.05, 4.69) is 29.1 Å². The summed E-state index contributed by atoms with van der Waals surface area (Å²) in [6, 6.07) is 0. The number of ether oxygens (including phenoxy) is 1. The molecule has 0 saturated heterocycles. The third-order valence-corrected chi connectivity index (χ3v) is 2.40. The van der Waals surface area contributed by atoms with Gasteiger partial charge in [-0.1, -0.05) is 13.8 Å². The molecule has 0 bridgehead atoms. The Kier molecular flexibility index (Phi) is 5.04. The molecule has 0 spiro atoms. The fourth-order valence-electron chi connectivity index (χ4n) is 1.17. The maximum Gasteiger partial charge on any atom is 0.144 e. The molecule has 0 aliphatic heterocycles. The van der Waals surface area contributed by atoms with Gasteiger partial charge in [-0.25, -0.2) is 4.98 Å². The van der Waals surface area contributed by atoms with E-state index in [4.69, 9.17) is 4.74 Å². The van der Waals surface area contributed by atoms with E-state index in [1.165, 1.54) is 0 Å². The zero-order chi connectivity index (χ0) is 11.1. The van der Waals surface area contributed by atoms with Gasteiger partial charge in [-0.2, -0.15) is 0 Å². The molecule has 1 N–H and O–H groups in total. The highest BCUT2D eigenvalue weighted by atomic mass is 16.5. The SMILES string of the molecule is CCC(C)c1cnc(NCCOC)cn1. The van der Waals surface area contributed by atoms with E-state index in [1.807, 2.05) is 6.20 Å². The fraction of sp³-hybridized carbons (Fsp3) is 0.636. The van der Waals surface area contributed by atoms with Gasteiger partial charge in [0.05, 0.1) is 24.7 Å². The highest BCUT2D eigenvalue weighted by Crippen LogP contribution is 2.15. The van der Waals surface area contributed by atoms with Crippen molar-refractivity contribution in [1.82, 2.24) is 9.97 Å². The average molecular weight is 209 g/mol. The smallest absolute Gasteiger partial charge is 0.144 e. The third kappa shape index (κ3) is 3.83. The number of aromatic nitrogens is 2. The summed E-state index contributed by atoms with van der Waals surface area (Å²) in [5.41, 5.74) is 1.05. The van der Waals surface area contributed by atoms with Crippen molar-refractivity contribution in [3.8, 4) is 0 Å². The third-order valence-electron chi connectivity index (χ3n) is 2.40. The van der Waals surface area contributed by atoms with Crippen LogP contribution in [-0.2, 0) is 4.74 Å². The number of anilines is 1. The van der Waals surface area contributed by atoms with Gasteiger partial charge in [-0.05, 0) is 12.3 Å². The molecule has 1 atom stereocenters. The molecule has 4 heteroatoms. The van der Waals surface area contributed by atoms with Gasteiger partial charge in [-0.3, -0.25) is 4.98 Å². The van der Waals surface area contributed by atoms with Gasteiger partial charge in [0.15, 0.2) is 0 Å². The lowest BCUT2D eigenvalue weighted by Gasteiger charge is -2.08. The second kappa shape index (κ2) is 6.35. The van der Waals surface area contributed by atoms with Gasteiger partial charge in [0.1, 0.15) is 5.82 Å². The van der Waals surface area contributed by atoms with E-state index in [-0.39, 0.29) is 0 Å². The average Bonchev–Trinajstić information content (AvgIpc) is 2.29. The number of nitrogens with zero attached hydrogens (tertiary/aromatic N) is 2. The fourth-order valence-corrected chi connectivity index (χ4v) is 1.17. The summed E-state index contributed by atoms with van der Waals surface area (Å²) < 4.78 is 4.93. The van der Waals surface area contributed by atoms with E-state index < -0.39 is 0 Å². The van der Waals surface area contributed by atoms with Crippen molar-refractivity contribution in [3.05, 3.63) is 18.1 Å². The van der Waals surface area contributed by atoms with Crippen molar-refractivity contribution in [2.24, 2.45) is 0 Å². The highest BCUT2D eigenvalue weighted by Gasteiger charge is 2.04. The van der Waals surface area contributed by atoms with E-state index in [0.717, 1.165) is 24.5 Å². The minimum Gasteiger partial charge on any atom is -0.383 e. The molecule has 0 aliphatic rings. The van der Waals surface area contributed by atoms with E-state index in [1.54, 1.807) is 13.3 Å². The molecule has 15 heavy (non-hydrogen) atoms. The number of nitrogens with one attached hydrogen (secondary N) is 1. The summed E-state index contributed by atoms with van der Waals surface area (Å²) >= 11 is 0. The molecule has 0 amide bonds. The first kappa shape index (κ1) is 11.9. The molecule has 0 radical (unpaired) electrons. The van der Waals surface area contributed by atoms with Crippen molar-refractivity contribution in [2.75, 3.05) is 25.6 Å². The van der Waals surface area contributed by atoms with E-state index in [9.17, 15) is 0 Å². The Labute approximate surface area is 91.1 Å². The molecule has 0 aromatic carbocycles. The number of hydrogen-bond donors (Lipinski definition) is 1. The van der Waals surface area contributed by atoms with Crippen LogP contribution >= 0.6 is 0 Å². The largest absolute Gasteiger partial charge is 0.383 e. The monoisotopic (exact) mass is 209 g/mol. The van der Waals surface area contributed by atoms with Crippen LogP contribution in [0.15, 0.2) is 12.4 Å². The Morgan fingerprint density at radius 3 is 2.73 bits per heavy atom. The molecule has 84 valence electrons. The van der Waals surface area contributed by atoms with Gasteiger partial charge in [0, 0.05) is 13.7 Å². The lowest BCUT2D eigenvalue weighted by molar-refractivity contribution is 0.210. The van der Waals surface area contributed by atoms with Crippen molar-refractivity contribution in [3.63, 3.8) is 0 Å². The Bertz CT molecular complexity index is 274. The van der Waals surface area contributed by atoms with Crippen LogP contribution in [0.2, 0.25) is 0 Å². The first-order chi connectivity index (χ1) is 7.27. The molecular formula is C11H19N3O. The van der Waals surface area contributed by atoms with Crippen molar-refractivity contribution in [1.29, 1.82) is 0 Å². The van der Waals surface area contributed by atoms with Gasteiger partial charge >= 0.3 is 0 Å². The van der Waals surface area contributed by atoms with Crippen molar-refractivity contribution < 1.29 is 4.74 Å². The Hall–Kier alpha value is -1.16. The molecule has 1 aromatic rings. The number of hydrogen-bond acceptors (Lipinski definition) is 4. The summed E-state index contributed by atoms with van der Waals surface area (Å²) in [7, 11) is 1.68. The molecule has 0 saturated carbocycles. The molecule has 1 unspecified atom stereocenters. The predicted molar refractivity (Wildman–Crippen MR) is 61.1 cm³/mol. The predicted octanol–water partition coefficient (Wildman–Crippen LogP) is 2.05. The second-order valence-corrected chi connectivity index (χ2v) is 3.56. The first-order valence-corrected chi connectivity index (χ1v) is 5.32. The Morgan fingerprint density at radius 1 is 1.40 bits per heavy atom. The molecule has 0 aliphatic carbocycles.